The topological polar surface area (TPSA) is 68.3 Å². The SMILES string of the molecule is CCOC(=O)/C=C/c1ccc(NC(=O)Cc2csc(-c3ccccc3Cl)n2)cc1. The number of esters is 1. The summed E-state index contributed by atoms with van der Waals surface area (Å²) >= 11 is 7.66. The number of halogens is 1. The number of carbonyl (C=O) groups excluding carboxylic acids is 2. The lowest BCUT2D eigenvalue weighted by Crippen LogP contribution is -2.14. The van der Waals surface area contributed by atoms with Crippen LogP contribution in [0, 0.1) is 0 Å². The highest BCUT2D eigenvalue weighted by atomic mass is 35.5. The lowest BCUT2D eigenvalue weighted by atomic mass is 10.2. The normalized spacial score (nSPS) is 10.8. The summed E-state index contributed by atoms with van der Waals surface area (Å²) in [6.45, 7) is 2.10. The molecule has 0 saturated carbocycles. The van der Waals surface area contributed by atoms with E-state index in [0.717, 1.165) is 16.1 Å². The zero-order chi connectivity index (χ0) is 20.6. The van der Waals surface area contributed by atoms with Gasteiger partial charge in [-0.25, -0.2) is 9.78 Å². The Balaban J connectivity index is 1.57. The monoisotopic (exact) mass is 426 g/mol. The summed E-state index contributed by atoms with van der Waals surface area (Å²) in [6, 6.07) is 14.7. The lowest BCUT2D eigenvalue weighted by Gasteiger charge is -2.04. The molecule has 0 radical (unpaired) electrons. The minimum atomic E-state index is -0.385. The van der Waals surface area contributed by atoms with E-state index in [4.69, 9.17) is 16.3 Å². The van der Waals surface area contributed by atoms with Crippen LogP contribution in [-0.4, -0.2) is 23.5 Å². The summed E-state index contributed by atoms with van der Waals surface area (Å²) in [5.41, 5.74) is 3.05. The quantitative estimate of drug-likeness (QED) is 0.415. The first kappa shape index (κ1) is 20.8. The number of amides is 1. The molecule has 0 aliphatic heterocycles. The first-order valence-electron chi connectivity index (χ1n) is 8.99. The van der Waals surface area contributed by atoms with Crippen LogP contribution in [0.25, 0.3) is 16.6 Å². The summed E-state index contributed by atoms with van der Waals surface area (Å²) < 4.78 is 4.84. The molecule has 2 aromatic carbocycles. The second kappa shape index (κ2) is 10.0. The summed E-state index contributed by atoms with van der Waals surface area (Å²) in [5, 5.41) is 6.13. The molecule has 1 N–H and O–H groups in total. The van der Waals surface area contributed by atoms with Crippen molar-refractivity contribution in [1.29, 1.82) is 0 Å². The van der Waals surface area contributed by atoms with Crippen LogP contribution in [0.4, 0.5) is 5.69 Å². The van der Waals surface area contributed by atoms with Gasteiger partial charge in [-0.3, -0.25) is 4.79 Å². The highest BCUT2D eigenvalue weighted by Gasteiger charge is 2.11. The van der Waals surface area contributed by atoms with Gasteiger partial charge in [-0.1, -0.05) is 41.9 Å². The van der Waals surface area contributed by atoms with Crippen LogP contribution in [0.2, 0.25) is 5.02 Å². The van der Waals surface area contributed by atoms with Gasteiger partial charge >= 0.3 is 5.97 Å². The smallest absolute Gasteiger partial charge is 0.330 e. The highest BCUT2D eigenvalue weighted by molar-refractivity contribution is 7.13. The molecule has 0 unspecified atom stereocenters. The summed E-state index contributed by atoms with van der Waals surface area (Å²) in [7, 11) is 0. The first-order valence-corrected chi connectivity index (χ1v) is 10.2. The van der Waals surface area contributed by atoms with Crippen LogP contribution in [0.15, 0.2) is 60.0 Å². The van der Waals surface area contributed by atoms with E-state index in [1.807, 2.05) is 41.8 Å². The largest absolute Gasteiger partial charge is 0.463 e. The van der Waals surface area contributed by atoms with Crippen molar-refractivity contribution in [2.75, 3.05) is 11.9 Å². The van der Waals surface area contributed by atoms with Crippen molar-refractivity contribution in [1.82, 2.24) is 4.98 Å². The van der Waals surface area contributed by atoms with Crippen LogP contribution < -0.4 is 5.32 Å². The van der Waals surface area contributed by atoms with Crippen LogP contribution >= 0.6 is 22.9 Å². The fourth-order valence-electron chi connectivity index (χ4n) is 2.55. The van der Waals surface area contributed by atoms with Gasteiger partial charge in [0, 0.05) is 22.7 Å². The number of ether oxygens (including phenoxy) is 1. The average Bonchev–Trinajstić information content (AvgIpc) is 3.16. The number of nitrogens with zero attached hydrogens (tertiary/aromatic N) is 1. The predicted molar refractivity (Wildman–Crippen MR) is 117 cm³/mol. The van der Waals surface area contributed by atoms with Crippen molar-refractivity contribution in [3.8, 4) is 10.6 Å². The molecule has 0 aliphatic carbocycles. The predicted octanol–water partition coefficient (Wildman–Crippen LogP) is 5.22. The summed E-state index contributed by atoms with van der Waals surface area (Å²) in [5.74, 6) is -0.542. The molecule has 0 aliphatic rings. The van der Waals surface area contributed by atoms with E-state index in [-0.39, 0.29) is 18.3 Å². The van der Waals surface area contributed by atoms with Crippen LogP contribution in [-0.2, 0) is 20.7 Å². The molecule has 0 atom stereocenters. The van der Waals surface area contributed by atoms with Crippen molar-refractivity contribution in [3.63, 3.8) is 0 Å². The number of thiazole rings is 1. The van der Waals surface area contributed by atoms with Gasteiger partial charge in [0.25, 0.3) is 0 Å². The van der Waals surface area contributed by atoms with Crippen molar-refractivity contribution < 1.29 is 14.3 Å². The molecule has 29 heavy (non-hydrogen) atoms. The lowest BCUT2D eigenvalue weighted by molar-refractivity contribution is -0.137. The Morgan fingerprint density at radius 3 is 2.66 bits per heavy atom. The number of carbonyl (C=O) groups is 2. The van der Waals surface area contributed by atoms with Crippen molar-refractivity contribution >= 4 is 46.6 Å². The second-order valence-corrected chi connectivity index (χ2v) is 7.32. The minimum Gasteiger partial charge on any atom is -0.463 e. The summed E-state index contributed by atoms with van der Waals surface area (Å²) in [4.78, 5) is 28.2. The maximum atomic E-state index is 12.3. The first-order chi connectivity index (χ1) is 14.0. The molecular weight excluding hydrogens is 408 g/mol. The van der Waals surface area contributed by atoms with Gasteiger partial charge < -0.3 is 10.1 Å². The molecule has 5 nitrogen and oxygen atoms in total. The Morgan fingerprint density at radius 1 is 1.17 bits per heavy atom. The number of anilines is 1. The van der Waals surface area contributed by atoms with Gasteiger partial charge in [-0.2, -0.15) is 0 Å². The third kappa shape index (κ3) is 6.01. The Bertz CT molecular complexity index is 1030. The number of benzene rings is 2. The van der Waals surface area contributed by atoms with E-state index in [0.29, 0.717) is 23.0 Å². The van der Waals surface area contributed by atoms with Gasteiger partial charge in [0.2, 0.25) is 5.91 Å². The molecule has 148 valence electrons. The van der Waals surface area contributed by atoms with Gasteiger partial charge in [0.1, 0.15) is 5.01 Å². The van der Waals surface area contributed by atoms with E-state index in [9.17, 15) is 9.59 Å². The van der Waals surface area contributed by atoms with Crippen molar-refractivity contribution in [2.45, 2.75) is 13.3 Å². The fraction of sp³-hybridized carbons (Fsp3) is 0.136. The van der Waals surface area contributed by atoms with Gasteiger partial charge in [-0.05, 0) is 36.8 Å². The molecule has 3 rings (SSSR count). The Hall–Kier alpha value is -2.96. The fourth-order valence-corrected chi connectivity index (χ4v) is 3.69. The number of rotatable bonds is 7. The molecule has 7 heteroatoms. The van der Waals surface area contributed by atoms with Crippen molar-refractivity contribution in [3.05, 3.63) is 76.3 Å². The maximum Gasteiger partial charge on any atom is 0.330 e. The summed E-state index contributed by atoms with van der Waals surface area (Å²) in [6.07, 6.45) is 3.20. The van der Waals surface area contributed by atoms with E-state index in [1.54, 1.807) is 25.1 Å². The molecule has 1 amide bonds. The molecule has 0 fully saturated rings. The van der Waals surface area contributed by atoms with E-state index in [1.165, 1.54) is 17.4 Å². The van der Waals surface area contributed by atoms with Crippen LogP contribution in [0.3, 0.4) is 0 Å². The molecular formula is C22H19ClN2O3S. The Labute approximate surface area is 178 Å². The standard InChI is InChI=1S/C22H19ClN2O3S/c1-2-28-21(27)12-9-15-7-10-16(11-8-15)24-20(26)13-17-14-29-22(25-17)18-5-3-4-6-19(18)23/h3-12,14H,2,13H2,1H3,(H,24,26)/b12-9+. The molecule has 0 saturated heterocycles. The number of nitrogens with one attached hydrogen (secondary N) is 1. The number of hydrogen-bond donors (Lipinski definition) is 1. The molecule has 3 aromatic rings. The highest BCUT2D eigenvalue weighted by Crippen LogP contribution is 2.30. The Morgan fingerprint density at radius 2 is 1.93 bits per heavy atom. The third-order valence-electron chi connectivity index (χ3n) is 3.89. The van der Waals surface area contributed by atoms with E-state index in [2.05, 4.69) is 10.3 Å². The molecule has 1 heterocycles. The van der Waals surface area contributed by atoms with E-state index < -0.39 is 0 Å². The third-order valence-corrected chi connectivity index (χ3v) is 5.14. The molecule has 1 aromatic heterocycles. The molecule has 0 spiro atoms. The van der Waals surface area contributed by atoms with Gasteiger partial charge in [-0.15, -0.1) is 11.3 Å². The van der Waals surface area contributed by atoms with Gasteiger partial charge in [0.15, 0.2) is 0 Å². The van der Waals surface area contributed by atoms with Crippen LogP contribution in [0.5, 0.6) is 0 Å². The van der Waals surface area contributed by atoms with Gasteiger partial charge in [0.05, 0.1) is 23.7 Å². The number of aromatic nitrogens is 1. The van der Waals surface area contributed by atoms with Crippen LogP contribution in [0.1, 0.15) is 18.2 Å². The Kier molecular flexibility index (Phi) is 7.16. The molecule has 0 bridgehead atoms. The average molecular weight is 427 g/mol. The zero-order valence-corrected chi connectivity index (χ0v) is 17.3. The zero-order valence-electron chi connectivity index (χ0n) is 15.7. The minimum absolute atomic E-state index is 0.157. The van der Waals surface area contributed by atoms with Crippen molar-refractivity contribution in [2.24, 2.45) is 0 Å². The number of hydrogen-bond acceptors (Lipinski definition) is 5. The maximum absolute atomic E-state index is 12.3. The van der Waals surface area contributed by atoms with E-state index >= 15 is 0 Å². The second-order valence-electron chi connectivity index (χ2n) is 6.06.